The Morgan fingerprint density at radius 3 is 1.28 bits per heavy atom. The molecule has 5 rings (SSSR count). The van der Waals surface area contributed by atoms with Crippen molar-refractivity contribution in [3.63, 3.8) is 0 Å². The van der Waals surface area contributed by atoms with E-state index in [2.05, 4.69) is 122 Å². The highest BCUT2D eigenvalue weighted by Crippen LogP contribution is 2.38. The number of fused-ring (bicyclic) bond motifs is 3. The van der Waals surface area contributed by atoms with Crippen molar-refractivity contribution in [3.05, 3.63) is 97.1 Å². The summed E-state index contributed by atoms with van der Waals surface area (Å²) < 4.78 is 2.47. The minimum Gasteiger partial charge on any atom is -0.335 e. The average Bonchev–Trinajstić information content (AvgIpc) is 3.08. The van der Waals surface area contributed by atoms with Crippen LogP contribution in [0.4, 0.5) is 0 Å². The number of hydrogen-bond donors (Lipinski definition) is 0. The Balaban J connectivity index is 1.83. The Labute approximate surface area is 172 Å². The normalized spacial score (nSPS) is 12.0. The Kier molecular flexibility index (Phi) is 4.06. The van der Waals surface area contributed by atoms with Crippen LogP contribution in [0.2, 0.25) is 0 Å². The summed E-state index contributed by atoms with van der Waals surface area (Å²) in [5.41, 5.74) is 7.61. The van der Waals surface area contributed by atoms with Crippen molar-refractivity contribution < 1.29 is 0 Å². The SMILES string of the molecule is CC(C)(C)n1c2ccc(-c3ccccc3)cc2c2cc(-c3ccccc3)ccc21. The van der Waals surface area contributed by atoms with Crippen LogP contribution in [0.3, 0.4) is 0 Å². The van der Waals surface area contributed by atoms with E-state index < -0.39 is 0 Å². The van der Waals surface area contributed by atoms with Crippen LogP contribution >= 0.6 is 0 Å². The molecule has 0 fully saturated rings. The first kappa shape index (κ1) is 17.8. The summed E-state index contributed by atoms with van der Waals surface area (Å²) in [6.45, 7) is 6.84. The fraction of sp³-hybridized carbons (Fsp3) is 0.143. The highest BCUT2D eigenvalue weighted by molar-refractivity contribution is 6.10. The van der Waals surface area contributed by atoms with Gasteiger partial charge < -0.3 is 4.57 Å². The second-order valence-corrected chi connectivity index (χ2v) is 8.70. The topological polar surface area (TPSA) is 4.93 Å². The van der Waals surface area contributed by atoms with Crippen molar-refractivity contribution in [1.29, 1.82) is 0 Å². The van der Waals surface area contributed by atoms with E-state index in [0.717, 1.165) is 0 Å². The summed E-state index contributed by atoms with van der Waals surface area (Å²) in [5, 5.41) is 2.63. The van der Waals surface area contributed by atoms with Crippen LogP contribution in [-0.2, 0) is 5.54 Å². The van der Waals surface area contributed by atoms with E-state index in [9.17, 15) is 0 Å². The smallest absolute Gasteiger partial charge is 0.0496 e. The van der Waals surface area contributed by atoms with Gasteiger partial charge in [0.15, 0.2) is 0 Å². The molecule has 0 saturated heterocycles. The minimum absolute atomic E-state index is 0.00251. The van der Waals surface area contributed by atoms with Crippen molar-refractivity contribution in [2.75, 3.05) is 0 Å². The van der Waals surface area contributed by atoms with E-state index in [1.807, 2.05) is 0 Å². The highest BCUT2D eigenvalue weighted by Gasteiger charge is 2.21. The molecule has 0 N–H and O–H groups in total. The molecule has 142 valence electrons. The van der Waals surface area contributed by atoms with Gasteiger partial charge in [0, 0.05) is 27.3 Å². The fourth-order valence-corrected chi connectivity index (χ4v) is 4.37. The zero-order valence-electron chi connectivity index (χ0n) is 17.2. The number of rotatable bonds is 2. The van der Waals surface area contributed by atoms with Gasteiger partial charge in [0.25, 0.3) is 0 Å². The molecule has 0 aliphatic carbocycles. The van der Waals surface area contributed by atoms with Gasteiger partial charge in [-0.1, -0.05) is 72.8 Å². The quantitative estimate of drug-likeness (QED) is 0.296. The second-order valence-electron chi connectivity index (χ2n) is 8.70. The molecule has 0 aliphatic heterocycles. The van der Waals surface area contributed by atoms with Gasteiger partial charge in [0.1, 0.15) is 0 Å². The number of aromatic nitrogens is 1. The summed E-state index contributed by atoms with van der Waals surface area (Å²) in [7, 11) is 0. The molecule has 1 heterocycles. The molecule has 0 atom stereocenters. The van der Waals surface area contributed by atoms with Crippen LogP contribution in [0, 0.1) is 0 Å². The Morgan fingerprint density at radius 1 is 0.483 bits per heavy atom. The average molecular weight is 376 g/mol. The predicted molar refractivity (Wildman–Crippen MR) is 125 cm³/mol. The van der Waals surface area contributed by atoms with Crippen molar-refractivity contribution in [3.8, 4) is 22.3 Å². The van der Waals surface area contributed by atoms with E-state index in [0.29, 0.717) is 0 Å². The molecule has 0 amide bonds. The Bertz CT molecular complexity index is 1210. The molecule has 0 radical (unpaired) electrons. The molecular weight excluding hydrogens is 350 g/mol. The Morgan fingerprint density at radius 2 is 0.897 bits per heavy atom. The first-order valence-corrected chi connectivity index (χ1v) is 10.2. The van der Waals surface area contributed by atoms with Gasteiger partial charge in [-0.2, -0.15) is 0 Å². The number of hydrogen-bond acceptors (Lipinski definition) is 0. The molecule has 0 aliphatic rings. The van der Waals surface area contributed by atoms with Crippen molar-refractivity contribution >= 4 is 21.8 Å². The number of nitrogens with zero attached hydrogens (tertiary/aromatic N) is 1. The lowest BCUT2D eigenvalue weighted by Gasteiger charge is -2.24. The maximum Gasteiger partial charge on any atom is 0.0496 e. The molecule has 4 aromatic carbocycles. The van der Waals surface area contributed by atoms with Crippen molar-refractivity contribution in [1.82, 2.24) is 4.57 Å². The van der Waals surface area contributed by atoms with Gasteiger partial charge in [-0.25, -0.2) is 0 Å². The van der Waals surface area contributed by atoms with Gasteiger partial charge in [0.2, 0.25) is 0 Å². The highest BCUT2D eigenvalue weighted by atomic mass is 15.0. The van der Waals surface area contributed by atoms with E-state index >= 15 is 0 Å². The van der Waals surface area contributed by atoms with Gasteiger partial charge in [0.05, 0.1) is 0 Å². The molecule has 0 bridgehead atoms. The number of benzene rings is 4. The second kappa shape index (κ2) is 6.63. The first-order chi connectivity index (χ1) is 14.0. The van der Waals surface area contributed by atoms with E-state index in [4.69, 9.17) is 0 Å². The van der Waals surface area contributed by atoms with Gasteiger partial charge in [-0.3, -0.25) is 0 Å². The van der Waals surface area contributed by atoms with Crippen LogP contribution in [0.25, 0.3) is 44.1 Å². The molecule has 1 heteroatoms. The third kappa shape index (κ3) is 3.03. The van der Waals surface area contributed by atoms with E-state index in [1.165, 1.54) is 44.1 Å². The van der Waals surface area contributed by atoms with Crippen LogP contribution in [-0.4, -0.2) is 4.57 Å². The van der Waals surface area contributed by atoms with E-state index in [1.54, 1.807) is 0 Å². The third-order valence-corrected chi connectivity index (χ3v) is 5.65. The molecular formula is C28H25N. The lowest BCUT2D eigenvalue weighted by Crippen LogP contribution is -2.21. The minimum atomic E-state index is 0.00251. The van der Waals surface area contributed by atoms with Gasteiger partial charge >= 0.3 is 0 Å². The Hall–Kier alpha value is -3.32. The first-order valence-electron chi connectivity index (χ1n) is 10.2. The summed E-state index contributed by atoms with van der Waals surface area (Å²) in [6.07, 6.45) is 0. The van der Waals surface area contributed by atoms with E-state index in [-0.39, 0.29) is 5.54 Å². The predicted octanol–water partition coefficient (Wildman–Crippen LogP) is 7.88. The third-order valence-electron chi connectivity index (χ3n) is 5.65. The zero-order chi connectivity index (χ0) is 20.0. The largest absolute Gasteiger partial charge is 0.335 e. The maximum absolute atomic E-state index is 2.47. The summed E-state index contributed by atoms with van der Waals surface area (Å²) in [6, 6.07) is 35.0. The summed E-state index contributed by atoms with van der Waals surface area (Å²) >= 11 is 0. The standard InChI is InChI=1S/C28H25N/c1-28(2,3)29-26-16-14-22(20-10-6-4-7-11-20)18-24(26)25-19-23(15-17-27(25)29)21-12-8-5-9-13-21/h4-19H,1-3H3. The fourth-order valence-electron chi connectivity index (χ4n) is 4.37. The summed E-state index contributed by atoms with van der Waals surface area (Å²) in [5.74, 6) is 0. The van der Waals surface area contributed by atoms with Crippen LogP contribution in [0.1, 0.15) is 20.8 Å². The molecule has 0 saturated carbocycles. The van der Waals surface area contributed by atoms with Crippen LogP contribution in [0.15, 0.2) is 97.1 Å². The lowest BCUT2D eigenvalue weighted by molar-refractivity contribution is 0.423. The molecule has 1 aromatic heterocycles. The van der Waals surface area contributed by atoms with Crippen LogP contribution in [0.5, 0.6) is 0 Å². The summed E-state index contributed by atoms with van der Waals surface area (Å²) in [4.78, 5) is 0. The molecule has 0 unspecified atom stereocenters. The van der Waals surface area contributed by atoms with Crippen LogP contribution < -0.4 is 0 Å². The van der Waals surface area contributed by atoms with Crippen molar-refractivity contribution in [2.45, 2.75) is 26.3 Å². The molecule has 1 nitrogen and oxygen atoms in total. The van der Waals surface area contributed by atoms with Crippen molar-refractivity contribution in [2.24, 2.45) is 0 Å². The molecule has 5 aromatic rings. The van der Waals surface area contributed by atoms with Gasteiger partial charge in [-0.05, 0) is 67.3 Å². The molecule has 0 spiro atoms. The zero-order valence-corrected chi connectivity index (χ0v) is 17.2. The lowest BCUT2D eigenvalue weighted by atomic mass is 10.0. The monoisotopic (exact) mass is 375 g/mol. The molecule has 29 heavy (non-hydrogen) atoms. The van der Waals surface area contributed by atoms with Gasteiger partial charge in [-0.15, -0.1) is 0 Å². The maximum atomic E-state index is 2.47.